The molecule has 3 aromatic rings. The second-order valence-electron chi connectivity index (χ2n) is 6.63. The van der Waals surface area contributed by atoms with Gasteiger partial charge in [0.2, 0.25) is 0 Å². The molecule has 0 radical (unpaired) electrons. The average Bonchev–Trinajstić information content (AvgIpc) is 3.39. The lowest BCUT2D eigenvalue weighted by atomic mass is 10.1. The van der Waals surface area contributed by atoms with Gasteiger partial charge in [-0.2, -0.15) is 0 Å². The van der Waals surface area contributed by atoms with Gasteiger partial charge in [0.25, 0.3) is 0 Å². The van der Waals surface area contributed by atoms with Crippen LogP contribution in [-0.2, 0) is 0 Å². The Balaban J connectivity index is 1.39. The second kappa shape index (κ2) is 7.36. The number of halogens is 1. The Labute approximate surface area is 161 Å². The second-order valence-corrected chi connectivity index (χ2v) is 7.07. The summed E-state index contributed by atoms with van der Waals surface area (Å²) in [6.45, 7) is 1.91. The van der Waals surface area contributed by atoms with Crippen LogP contribution in [0.4, 0.5) is 10.5 Å². The zero-order valence-electron chi connectivity index (χ0n) is 14.8. The molecule has 1 aliphatic carbocycles. The largest absolute Gasteiger partial charge is 0.331 e. The van der Waals surface area contributed by atoms with Crippen LogP contribution in [0.25, 0.3) is 11.4 Å². The predicted octanol–water partition coefficient (Wildman–Crippen LogP) is 4.21. The quantitative estimate of drug-likeness (QED) is 0.692. The van der Waals surface area contributed by atoms with Gasteiger partial charge in [-0.15, -0.1) is 5.10 Å². The molecule has 1 heterocycles. The lowest BCUT2D eigenvalue weighted by molar-refractivity contribution is 0.249. The van der Waals surface area contributed by atoms with E-state index in [0.29, 0.717) is 16.8 Å². The van der Waals surface area contributed by atoms with Gasteiger partial charge in [-0.25, -0.2) is 9.48 Å². The number of nitrogens with one attached hydrogen (secondary N) is 2. The van der Waals surface area contributed by atoms with E-state index in [-0.39, 0.29) is 12.1 Å². The number of carbonyl (C=O) groups excluding carboxylic acids is 1. The van der Waals surface area contributed by atoms with Crippen molar-refractivity contribution in [2.24, 2.45) is 0 Å². The molecule has 2 amide bonds. The number of hydrogen-bond acceptors (Lipinski definition) is 4. The molecule has 1 aliphatic rings. The van der Waals surface area contributed by atoms with E-state index >= 15 is 0 Å². The molecule has 1 fully saturated rings. The monoisotopic (exact) mass is 382 g/mol. The molecule has 27 heavy (non-hydrogen) atoms. The number of aromatic nitrogens is 4. The minimum Gasteiger partial charge on any atom is -0.331 e. The highest BCUT2D eigenvalue weighted by Crippen LogP contribution is 2.36. The molecule has 0 bridgehead atoms. The van der Waals surface area contributed by atoms with Gasteiger partial charge in [-0.05, 0) is 72.2 Å². The van der Waals surface area contributed by atoms with Crippen molar-refractivity contribution in [3.8, 4) is 11.4 Å². The van der Waals surface area contributed by atoms with Gasteiger partial charge in [-0.1, -0.05) is 23.7 Å². The number of tetrazole rings is 1. The fourth-order valence-corrected chi connectivity index (χ4v) is 3.07. The first-order valence-electron chi connectivity index (χ1n) is 8.81. The number of benzene rings is 2. The van der Waals surface area contributed by atoms with Gasteiger partial charge in [0.05, 0.1) is 12.1 Å². The van der Waals surface area contributed by atoms with Crippen LogP contribution in [0.3, 0.4) is 0 Å². The van der Waals surface area contributed by atoms with E-state index in [1.807, 2.05) is 54.1 Å². The maximum absolute atomic E-state index is 12.3. The number of nitrogens with zero attached hydrogens (tertiary/aromatic N) is 4. The summed E-state index contributed by atoms with van der Waals surface area (Å²) in [6, 6.07) is 14.9. The number of amides is 2. The lowest BCUT2D eigenvalue weighted by Gasteiger charge is -2.15. The molecule has 2 N–H and O–H groups in total. The number of rotatable bonds is 5. The minimum absolute atomic E-state index is 0.161. The van der Waals surface area contributed by atoms with Crippen molar-refractivity contribution in [1.29, 1.82) is 0 Å². The van der Waals surface area contributed by atoms with E-state index in [2.05, 4.69) is 26.2 Å². The summed E-state index contributed by atoms with van der Waals surface area (Å²) < 4.78 is 1.86. The highest BCUT2D eigenvalue weighted by atomic mass is 35.5. The van der Waals surface area contributed by atoms with E-state index in [4.69, 9.17) is 11.6 Å². The van der Waals surface area contributed by atoms with E-state index in [1.54, 1.807) is 6.07 Å². The Kier molecular flexibility index (Phi) is 4.77. The number of hydrogen-bond donors (Lipinski definition) is 2. The van der Waals surface area contributed by atoms with Crippen molar-refractivity contribution < 1.29 is 4.79 Å². The lowest BCUT2D eigenvalue weighted by Crippen LogP contribution is -2.31. The van der Waals surface area contributed by atoms with E-state index in [9.17, 15) is 4.79 Å². The number of urea groups is 1. The van der Waals surface area contributed by atoms with Crippen LogP contribution in [0.1, 0.15) is 37.4 Å². The van der Waals surface area contributed by atoms with E-state index in [1.165, 1.54) is 0 Å². The summed E-state index contributed by atoms with van der Waals surface area (Å²) >= 11 is 6.00. The fraction of sp³-hybridized carbons (Fsp3) is 0.263. The van der Waals surface area contributed by atoms with Crippen LogP contribution in [0.15, 0.2) is 48.5 Å². The highest BCUT2D eigenvalue weighted by Gasteiger charge is 2.28. The summed E-state index contributed by atoms with van der Waals surface area (Å²) in [7, 11) is 0. The summed E-state index contributed by atoms with van der Waals surface area (Å²) in [5, 5.41) is 18.3. The SMILES string of the molecule is CC(NC(=O)Nc1ccc(-c2nnnn2C2CC2)cc1)c1cccc(Cl)c1. The molecule has 4 rings (SSSR count). The van der Waals surface area contributed by atoms with Gasteiger partial charge in [-0.3, -0.25) is 0 Å². The summed E-state index contributed by atoms with van der Waals surface area (Å²) in [4.78, 5) is 12.3. The van der Waals surface area contributed by atoms with E-state index in [0.717, 1.165) is 29.8 Å². The standard InChI is InChI=1S/C19H19ClN6O/c1-12(14-3-2-4-15(20)11-14)21-19(27)22-16-7-5-13(6-8-16)18-23-24-25-26(18)17-9-10-17/h2-8,11-12,17H,9-10H2,1H3,(H2,21,22,27). The third kappa shape index (κ3) is 4.09. The summed E-state index contributed by atoms with van der Waals surface area (Å²) in [6.07, 6.45) is 2.23. The Bertz CT molecular complexity index is 951. The fourth-order valence-electron chi connectivity index (χ4n) is 2.87. The maximum atomic E-state index is 12.3. The Morgan fingerprint density at radius 3 is 2.70 bits per heavy atom. The van der Waals surface area contributed by atoms with Gasteiger partial charge in [0, 0.05) is 16.3 Å². The van der Waals surface area contributed by atoms with Crippen LogP contribution in [0, 0.1) is 0 Å². The molecule has 0 spiro atoms. The summed E-state index contributed by atoms with van der Waals surface area (Å²) in [5.74, 6) is 0.753. The van der Waals surface area contributed by atoms with Gasteiger partial charge < -0.3 is 10.6 Å². The molecule has 2 aromatic carbocycles. The van der Waals surface area contributed by atoms with Crippen molar-refractivity contribution in [2.75, 3.05) is 5.32 Å². The van der Waals surface area contributed by atoms with Crippen molar-refractivity contribution >= 4 is 23.3 Å². The zero-order valence-corrected chi connectivity index (χ0v) is 15.5. The third-order valence-electron chi connectivity index (χ3n) is 4.48. The molecule has 0 aliphatic heterocycles. The van der Waals surface area contributed by atoms with Gasteiger partial charge >= 0.3 is 6.03 Å². The first kappa shape index (κ1) is 17.5. The molecule has 0 saturated heterocycles. The first-order valence-corrected chi connectivity index (χ1v) is 9.19. The Hall–Kier alpha value is -2.93. The molecule has 1 unspecified atom stereocenters. The molecule has 1 aromatic heterocycles. The van der Waals surface area contributed by atoms with Crippen LogP contribution in [-0.4, -0.2) is 26.2 Å². The first-order chi connectivity index (χ1) is 13.1. The third-order valence-corrected chi connectivity index (χ3v) is 4.72. The minimum atomic E-state index is -0.280. The summed E-state index contributed by atoms with van der Waals surface area (Å²) in [5.41, 5.74) is 2.56. The van der Waals surface area contributed by atoms with Crippen LogP contribution >= 0.6 is 11.6 Å². The van der Waals surface area contributed by atoms with E-state index < -0.39 is 0 Å². The maximum Gasteiger partial charge on any atom is 0.319 e. The van der Waals surface area contributed by atoms with Crippen molar-refractivity contribution in [1.82, 2.24) is 25.5 Å². The van der Waals surface area contributed by atoms with Crippen molar-refractivity contribution in [3.63, 3.8) is 0 Å². The van der Waals surface area contributed by atoms with Crippen molar-refractivity contribution in [3.05, 3.63) is 59.1 Å². The van der Waals surface area contributed by atoms with Crippen LogP contribution < -0.4 is 10.6 Å². The molecule has 7 nitrogen and oxygen atoms in total. The molecule has 138 valence electrons. The molecule has 1 atom stereocenters. The number of carbonyl (C=O) groups is 1. The van der Waals surface area contributed by atoms with Gasteiger partial charge in [0.15, 0.2) is 5.82 Å². The topological polar surface area (TPSA) is 84.7 Å². The predicted molar refractivity (Wildman–Crippen MR) is 104 cm³/mol. The normalized spacial score (nSPS) is 14.6. The zero-order chi connectivity index (χ0) is 18.8. The Morgan fingerprint density at radius 2 is 2.00 bits per heavy atom. The van der Waals surface area contributed by atoms with Crippen LogP contribution in [0.5, 0.6) is 0 Å². The number of anilines is 1. The Morgan fingerprint density at radius 1 is 1.22 bits per heavy atom. The highest BCUT2D eigenvalue weighted by molar-refractivity contribution is 6.30. The smallest absolute Gasteiger partial charge is 0.319 e. The molecule has 8 heteroatoms. The van der Waals surface area contributed by atoms with Crippen LogP contribution in [0.2, 0.25) is 5.02 Å². The van der Waals surface area contributed by atoms with Crippen molar-refractivity contribution in [2.45, 2.75) is 31.8 Å². The van der Waals surface area contributed by atoms with Gasteiger partial charge in [0.1, 0.15) is 0 Å². The molecule has 1 saturated carbocycles. The average molecular weight is 383 g/mol. The molecular weight excluding hydrogens is 364 g/mol. The molecular formula is C19H19ClN6O.